The molecule has 0 atom stereocenters. The number of aliphatic hydroxyl groups excluding tert-OH is 1. The van der Waals surface area contributed by atoms with Crippen LogP contribution in [0.2, 0.25) is 0 Å². The van der Waals surface area contributed by atoms with E-state index in [4.69, 9.17) is 14.9 Å². The van der Waals surface area contributed by atoms with E-state index in [1.54, 1.807) is 0 Å². The molecule has 10 heavy (non-hydrogen) atoms. The fourth-order valence-corrected chi connectivity index (χ4v) is 1.53. The average molecular weight is 144 g/mol. The van der Waals surface area contributed by atoms with E-state index in [0.717, 1.165) is 25.7 Å². The largest absolute Gasteiger partial charge is 0.396 e. The third-order valence-electron chi connectivity index (χ3n) is 2.44. The van der Waals surface area contributed by atoms with Crippen LogP contribution in [0, 0.1) is 5.92 Å². The molecule has 1 saturated carbocycles. The highest BCUT2D eigenvalue weighted by Gasteiger charge is 2.50. The molecular weight excluding hydrogens is 132 g/mol. The van der Waals surface area contributed by atoms with Gasteiger partial charge in [0.15, 0.2) is 0 Å². The zero-order valence-electron chi connectivity index (χ0n) is 5.88. The van der Waals surface area contributed by atoms with Crippen molar-refractivity contribution < 1.29 is 14.9 Å². The van der Waals surface area contributed by atoms with Crippen LogP contribution in [0.5, 0.6) is 0 Å². The lowest BCUT2D eigenvalue weighted by Crippen LogP contribution is -2.22. The molecule has 0 radical (unpaired) electrons. The molecule has 58 valence electrons. The number of rotatable bonds is 1. The van der Waals surface area contributed by atoms with Crippen molar-refractivity contribution in [2.24, 2.45) is 5.92 Å². The Balaban J connectivity index is 1.84. The number of hydrogen-bond acceptors (Lipinski definition) is 3. The third-order valence-corrected chi connectivity index (χ3v) is 2.44. The Morgan fingerprint density at radius 1 is 1.30 bits per heavy atom. The van der Waals surface area contributed by atoms with Gasteiger partial charge < -0.3 is 5.11 Å². The first-order valence-corrected chi connectivity index (χ1v) is 3.82. The van der Waals surface area contributed by atoms with E-state index in [0.29, 0.717) is 12.5 Å². The van der Waals surface area contributed by atoms with E-state index in [1.807, 2.05) is 0 Å². The molecule has 2 fully saturated rings. The van der Waals surface area contributed by atoms with E-state index >= 15 is 0 Å². The van der Waals surface area contributed by atoms with Crippen molar-refractivity contribution in [1.29, 1.82) is 0 Å². The summed E-state index contributed by atoms with van der Waals surface area (Å²) in [4.78, 5) is 9.70. The third kappa shape index (κ3) is 1.05. The van der Waals surface area contributed by atoms with E-state index < -0.39 is 0 Å². The molecule has 1 saturated heterocycles. The van der Waals surface area contributed by atoms with Crippen molar-refractivity contribution in [1.82, 2.24) is 0 Å². The average Bonchev–Trinajstić information content (AvgIpc) is 2.72. The second kappa shape index (κ2) is 2.19. The molecule has 3 nitrogen and oxygen atoms in total. The summed E-state index contributed by atoms with van der Waals surface area (Å²) in [5, 5.41) is 8.80. The van der Waals surface area contributed by atoms with Gasteiger partial charge in [-0.15, -0.1) is 0 Å². The molecule has 0 unspecified atom stereocenters. The van der Waals surface area contributed by atoms with Gasteiger partial charge in [0, 0.05) is 19.4 Å². The molecule has 0 bridgehead atoms. The SMILES string of the molecule is OCC1CCC2(CC1)OO2. The van der Waals surface area contributed by atoms with Crippen molar-refractivity contribution in [2.75, 3.05) is 6.61 Å². The highest BCUT2D eigenvalue weighted by molar-refractivity contribution is 4.82. The van der Waals surface area contributed by atoms with Crippen LogP contribution in [-0.2, 0) is 9.78 Å². The van der Waals surface area contributed by atoms with Gasteiger partial charge in [-0.1, -0.05) is 0 Å². The maximum absolute atomic E-state index is 8.80. The molecule has 2 aliphatic rings. The first-order chi connectivity index (χ1) is 4.85. The fourth-order valence-electron chi connectivity index (χ4n) is 1.53. The predicted molar refractivity (Wildman–Crippen MR) is 33.9 cm³/mol. The van der Waals surface area contributed by atoms with Crippen molar-refractivity contribution in [3.8, 4) is 0 Å². The van der Waals surface area contributed by atoms with Gasteiger partial charge in [0.05, 0.1) is 0 Å². The standard InChI is InChI=1S/C7H12O3/c8-5-6-1-3-7(4-2-6)9-10-7/h6,8H,1-5H2. The summed E-state index contributed by atoms with van der Waals surface area (Å²) in [5.74, 6) is 0.282. The normalized spacial score (nSPS) is 30.9. The van der Waals surface area contributed by atoms with Gasteiger partial charge in [-0.25, -0.2) is 0 Å². The Bertz CT molecular complexity index is 121. The second-order valence-electron chi connectivity index (χ2n) is 3.20. The van der Waals surface area contributed by atoms with Gasteiger partial charge in [-0.05, 0) is 18.8 Å². The number of aliphatic hydroxyl groups is 1. The Morgan fingerprint density at radius 3 is 2.30 bits per heavy atom. The van der Waals surface area contributed by atoms with Crippen molar-refractivity contribution in [3.63, 3.8) is 0 Å². The maximum Gasteiger partial charge on any atom is 0.234 e. The van der Waals surface area contributed by atoms with Crippen LogP contribution in [0.25, 0.3) is 0 Å². The smallest absolute Gasteiger partial charge is 0.234 e. The molecule has 3 heteroatoms. The van der Waals surface area contributed by atoms with Crippen molar-refractivity contribution in [3.05, 3.63) is 0 Å². The van der Waals surface area contributed by atoms with Crippen LogP contribution in [0.3, 0.4) is 0 Å². The molecule has 1 heterocycles. The molecule has 0 aromatic rings. The Morgan fingerprint density at radius 2 is 1.90 bits per heavy atom. The first kappa shape index (κ1) is 6.58. The lowest BCUT2D eigenvalue weighted by molar-refractivity contribution is 0.0850. The minimum atomic E-state index is -0.203. The van der Waals surface area contributed by atoms with Gasteiger partial charge in [0.1, 0.15) is 0 Å². The van der Waals surface area contributed by atoms with E-state index in [1.165, 1.54) is 0 Å². The molecule has 1 aliphatic heterocycles. The highest BCUT2D eigenvalue weighted by Crippen LogP contribution is 2.44. The van der Waals surface area contributed by atoms with Crippen LogP contribution in [0.1, 0.15) is 25.7 Å². The monoisotopic (exact) mass is 144 g/mol. The molecule has 1 aliphatic carbocycles. The maximum atomic E-state index is 8.80. The summed E-state index contributed by atoms with van der Waals surface area (Å²) < 4.78 is 0. The predicted octanol–water partition coefficient (Wildman–Crippen LogP) is 0.827. The van der Waals surface area contributed by atoms with Gasteiger partial charge in [0.25, 0.3) is 0 Å². The minimum Gasteiger partial charge on any atom is -0.396 e. The lowest BCUT2D eigenvalue weighted by Gasteiger charge is -2.21. The topological polar surface area (TPSA) is 45.3 Å². The quantitative estimate of drug-likeness (QED) is 0.438. The minimum absolute atomic E-state index is 0.203. The highest BCUT2D eigenvalue weighted by atomic mass is 17.4. The number of hydrogen-bond donors (Lipinski definition) is 1. The van der Waals surface area contributed by atoms with Gasteiger partial charge in [-0.2, -0.15) is 9.78 Å². The van der Waals surface area contributed by atoms with Gasteiger partial charge >= 0.3 is 0 Å². The molecule has 0 aromatic carbocycles. The Hall–Kier alpha value is -0.120. The van der Waals surface area contributed by atoms with Crippen molar-refractivity contribution in [2.45, 2.75) is 31.5 Å². The lowest BCUT2D eigenvalue weighted by atomic mass is 9.87. The van der Waals surface area contributed by atoms with E-state index in [9.17, 15) is 0 Å². The van der Waals surface area contributed by atoms with Crippen LogP contribution >= 0.6 is 0 Å². The van der Waals surface area contributed by atoms with Gasteiger partial charge in [0.2, 0.25) is 5.79 Å². The van der Waals surface area contributed by atoms with Crippen LogP contribution in [-0.4, -0.2) is 17.5 Å². The zero-order chi connectivity index (χ0) is 7.03. The molecule has 0 aromatic heterocycles. The second-order valence-corrected chi connectivity index (χ2v) is 3.20. The molecule has 0 amide bonds. The molecule has 1 N–H and O–H groups in total. The van der Waals surface area contributed by atoms with Gasteiger partial charge in [-0.3, -0.25) is 0 Å². The van der Waals surface area contributed by atoms with Crippen molar-refractivity contribution >= 4 is 0 Å². The summed E-state index contributed by atoms with van der Waals surface area (Å²) in [5.41, 5.74) is 0. The summed E-state index contributed by atoms with van der Waals surface area (Å²) in [7, 11) is 0. The molecule has 2 rings (SSSR count). The summed E-state index contributed by atoms with van der Waals surface area (Å²) in [6.45, 7) is 0.316. The Labute approximate surface area is 59.9 Å². The molecular formula is C7H12O3. The molecule has 1 spiro atoms. The van der Waals surface area contributed by atoms with Crippen LogP contribution in [0.4, 0.5) is 0 Å². The van der Waals surface area contributed by atoms with Crippen LogP contribution < -0.4 is 0 Å². The van der Waals surface area contributed by atoms with E-state index in [2.05, 4.69) is 0 Å². The zero-order valence-corrected chi connectivity index (χ0v) is 5.88. The summed E-state index contributed by atoms with van der Waals surface area (Å²) in [6, 6.07) is 0. The first-order valence-electron chi connectivity index (χ1n) is 3.82. The van der Waals surface area contributed by atoms with Crippen LogP contribution in [0.15, 0.2) is 0 Å². The fraction of sp³-hybridized carbons (Fsp3) is 1.00. The van der Waals surface area contributed by atoms with E-state index in [-0.39, 0.29) is 5.79 Å². The summed E-state index contributed by atoms with van der Waals surface area (Å²) >= 11 is 0. The summed E-state index contributed by atoms with van der Waals surface area (Å²) in [6.07, 6.45) is 3.99. The Kier molecular flexibility index (Phi) is 1.44.